The van der Waals surface area contributed by atoms with Crippen LogP contribution < -0.4 is 10.1 Å². The van der Waals surface area contributed by atoms with Gasteiger partial charge in [0.05, 0.1) is 23.3 Å². The van der Waals surface area contributed by atoms with Gasteiger partial charge < -0.3 is 15.2 Å². The second kappa shape index (κ2) is 7.38. The maximum absolute atomic E-state index is 14.2. The molecule has 5 nitrogen and oxygen atoms in total. The molecule has 9 heteroatoms. The van der Waals surface area contributed by atoms with Gasteiger partial charge in [0.1, 0.15) is 12.1 Å². The number of nitrogens with one attached hydrogen (secondary N) is 1. The number of aromatic hydroxyl groups is 1. The summed E-state index contributed by atoms with van der Waals surface area (Å²) in [5, 5.41) is 13.2. The largest absolute Gasteiger partial charge is 0.504 e. The van der Waals surface area contributed by atoms with Crippen molar-refractivity contribution in [1.29, 1.82) is 0 Å². The Morgan fingerprint density at radius 1 is 1.29 bits per heavy atom. The monoisotopic (exact) mass is 433 g/mol. The number of anilines is 2. The molecule has 0 spiro atoms. The van der Waals surface area contributed by atoms with Gasteiger partial charge in [-0.1, -0.05) is 11.6 Å². The first kappa shape index (κ1) is 18.5. The Morgan fingerprint density at radius 2 is 2.04 bits per heavy atom. The van der Waals surface area contributed by atoms with Crippen molar-refractivity contribution < 1.29 is 14.2 Å². The van der Waals surface area contributed by atoms with Crippen LogP contribution in [0.3, 0.4) is 0 Å². The third-order valence-electron chi connectivity index (χ3n) is 3.22. The Kier molecular flexibility index (Phi) is 5.69. The highest BCUT2D eigenvalue weighted by Crippen LogP contribution is 2.35. The zero-order chi connectivity index (χ0) is 16.6. The van der Waals surface area contributed by atoms with Crippen molar-refractivity contribution in [3.63, 3.8) is 0 Å². The highest BCUT2D eigenvalue weighted by molar-refractivity contribution is 9.10. The Balaban J connectivity index is 0.00000208. The SMILES string of the molecule is COc1cc2c(Nc3ccc(Br)c(Cl)c3F)ncnc2cc1O.Cl. The molecule has 0 aliphatic carbocycles. The summed E-state index contributed by atoms with van der Waals surface area (Å²) < 4.78 is 19.8. The smallest absolute Gasteiger partial charge is 0.166 e. The summed E-state index contributed by atoms with van der Waals surface area (Å²) in [7, 11) is 1.44. The lowest BCUT2D eigenvalue weighted by atomic mass is 10.2. The van der Waals surface area contributed by atoms with E-state index in [0.717, 1.165) is 0 Å². The van der Waals surface area contributed by atoms with Gasteiger partial charge >= 0.3 is 0 Å². The van der Waals surface area contributed by atoms with Crippen molar-refractivity contribution in [2.45, 2.75) is 0 Å². The fourth-order valence-electron chi connectivity index (χ4n) is 2.09. The number of phenolic OH excluding ortho intramolecular Hbond substituents is 1. The predicted molar refractivity (Wildman–Crippen MR) is 97.4 cm³/mol. The van der Waals surface area contributed by atoms with E-state index in [9.17, 15) is 9.50 Å². The van der Waals surface area contributed by atoms with Crippen LogP contribution in [0.4, 0.5) is 15.9 Å². The van der Waals surface area contributed by atoms with Gasteiger partial charge in [0.2, 0.25) is 0 Å². The summed E-state index contributed by atoms with van der Waals surface area (Å²) in [6, 6.07) is 6.19. The molecule has 0 bridgehead atoms. The first-order valence-electron chi connectivity index (χ1n) is 6.43. The normalized spacial score (nSPS) is 10.3. The van der Waals surface area contributed by atoms with E-state index in [4.69, 9.17) is 16.3 Å². The van der Waals surface area contributed by atoms with Crippen LogP contribution in [0.1, 0.15) is 0 Å². The first-order chi connectivity index (χ1) is 11.0. The molecule has 0 unspecified atom stereocenters. The molecule has 3 rings (SSSR count). The van der Waals surface area contributed by atoms with E-state index in [1.807, 2.05) is 0 Å². The molecule has 0 radical (unpaired) electrons. The lowest BCUT2D eigenvalue weighted by molar-refractivity contribution is 0.374. The third-order valence-corrected chi connectivity index (χ3v) is 4.48. The Bertz CT molecular complexity index is 912. The van der Waals surface area contributed by atoms with E-state index in [1.54, 1.807) is 12.1 Å². The molecule has 0 atom stereocenters. The third kappa shape index (κ3) is 3.33. The minimum absolute atomic E-state index is 0. The summed E-state index contributed by atoms with van der Waals surface area (Å²) in [6.07, 6.45) is 1.31. The number of rotatable bonds is 3. The fraction of sp³-hybridized carbons (Fsp3) is 0.0667. The average Bonchev–Trinajstić information content (AvgIpc) is 2.55. The van der Waals surface area contributed by atoms with Gasteiger partial charge in [-0.2, -0.15) is 0 Å². The predicted octanol–water partition coefficient (Wildman–Crippen LogP) is 5.06. The summed E-state index contributed by atoms with van der Waals surface area (Å²) in [5.41, 5.74) is 0.662. The minimum atomic E-state index is -0.599. The maximum atomic E-state index is 14.2. The first-order valence-corrected chi connectivity index (χ1v) is 7.60. The molecule has 0 saturated carbocycles. The number of hydrogen-bond acceptors (Lipinski definition) is 5. The number of halogens is 4. The minimum Gasteiger partial charge on any atom is -0.504 e. The van der Waals surface area contributed by atoms with Crippen molar-refractivity contribution >= 4 is 62.3 Å². The number of nitrogens with zero attached hydrogens (tertiary/aromatic N) is 2. The Hall–Kier alpha value is -1.83. The van der Waals surface area contributed by atoms with Crippen molar-refractivity contribution in [2.24, 2.45) is 0 Å². The van der Waals surface area contributed by atoms with Gasteiger partial charge in [-0.05, 0) is 34.1 Å². The molecule has 0 saturated heterocycles. The van der Waals surface area contributed by atoms with Gasteiger partial charge in [-0.25, -0.2) is 14.4 Å². The van der Waals surface area contributed by atoms with Crippen molar-refractivity contribution in [3.8, 4) is 11.5 Å². The fourth-order valence-corrected chi connectivity index (χ4v) is 2.56. The summed E-state index contributed by atoms with van der Waals surface area (Å²) in [6.45, 7) is 0. The quantitative estimate of drug-likeness (QED) is 0.563. The zero-order valence-electron chi connectivity index (χ0n) is 12.2. The number of methoxy groups -OCH3 is 1. The molecule has 2 N–H and O–H groups in total. The molecule has 0 aliphatic rings. The Labute approximate surface area is 156 Å². The number of benzene rings is 2. The van der Waals surface area contributed by atoms with Crippen molar-refractivity contribution in [1.82, 2.24) is 9.97 Å². The van der Waals surface area contributed by atoms with E-state index in [0.29, 0.717) is 21.2 Å². The van der Waals surface area contributed by atoms with Crippen LogP contribution in [0, 0.1) is 5.82 Å². The lowest BCUT2D eigenvalue weighted by Gasteiger charge is -2.12. The molecular formula is C15H11BrCl2FN3O2. The van der Waals surface area contributed by atoms with E-state index in [1.165, 1.54) is 25.6 Å². The van der Waals surface area contributed by atoms with Gasteiger partial charge in [-0.3, -0.25) is 0 Å². The van der Waals surface area contributed by atoms with Crippen LogP contribution >= 0.6 is 39.9 Å². The number of aromatic nitrogens is 2. The molecule has 0 aliphatic heterocycles. The summed E-state index contributed by atoms with van der Waals surface area (Å²) >= 11 is 9.05. The van der Waals surface area contributed by atoms with Gasteiger partial charge in [0, 0.05) is 15.9 Å². The number of fused-ring (bicyclic) bond motifs is 1. The molecule has 0 fully saturated rings. The second-order valence-corrected chi connectivity index (χ2v) is 5.84. The molecule has 0 amide bonds. The highest BCUT2D eigenvalue weighted by atomic mass is 79.9. The molecule has 126 valence electrons. The highest BCUT2D eigenvalue weighted by Gasteiger charge is 2.14. The zero-order valence-corrected chi connectivity index (χ0v) is 15.3. The number of phenols is 1. The number of ether oxygens (including phenoxy) is 1. The van der Waals surface area contributed by atoms with Gasteiger partial charge in [-0.15, -0.1) is 12.4 Å². The maximum Gasteiger partial charge on any atom is 0.166 e. The van der Waals surface area contributed by atoms with Gasteiger partial charge in [0.25, 0.3) is 0 Å². The molecule has 1 heterocycles. The standard InChI is InChI=1S/C15H10BrClFN3O2.ClH/c1-23-12-4-7-10(5-11(12)22)19-6-20-15(7)21-9-3-2-8(16)13(17)14(9)18;/h2-6,22H,1H3,(H,19,20,21);1H. The molecule has 1 aromatic heterocycles. The topological polar surface area (TPSA) is 67.3 Å². The lowest BCUT2D eigenvalue weighted by Crippen LogP contribution is -1.99. The van der Waals surface area contributed by atoms with E-state index in [2.05, 4.69) is 31.2 Å². The molecular weight excluding hydrogens is 424 g/mol. The van der Waals surface area contributed by atoms with Crippen molar-refractivity contribution in [2.75, 3.05) is 12.4 Å². The van der Waals surface area contributed by atoms with Crippen LogP contribution in [-0.2, 0) is 0 Å². The van der Waals surface area contributed by atoms with Crippen LogP contribution in [-0.4, -0.2) is 22.2 Å². The molecule has 24 heavy (non-hydrogen) atoms. The van der Waals surface area contributed by atoms with Crippen LogP contribution in [0.15, 0.2) is 35.1 Å². The Morgan fingerprint density at radius 3 is 2.75 bits per heavy atom. The summed E-state index contributed by atoms with van der Waals surface area (Å²) in [4.78, 5) is 8.20. The summed E-state index contributed by atoms with van der Waals surface area (Å²) in [5.74, 6) is -0.00341. The molecule has 3 aromatic rings. The van der Waals surface area contributed by atoms with Crippen LogP contribution in [0.2, 0.25) is 5.02 Å². The second-order valence-electron chi connectivity index (χ2n) is 4.61. The van der Waals surface area contributed by atoms with E-state index in [-0.39, 0.29) is 34.6 Å². The van der Waals surface area contributed by atoms with Crippen molar-refractivity contribution in [3.05, 3.63) is 45.9 Å². The average molecular weight is 435 g/mol. The van der Waals surface area contributed by atoms with Crippen LogP contribution in [0.25, 0.3) is 10.9 Å². The molecule has 2 aromatic carbocycles. The van der Waals surface area contributed by atoms with E-state index < -0.39 is 5.82 Å². The van der Waals surface area contributed by atoms with E-state index >= 15 is 0 Å². The van der Waals surface area contributed by atoms with Gasteiger partial charge in [0.15, 0.2) is 17.3 Å². The number of hydrogen-bond donors (Lipinski definition) is 2. The van der Waals surface area contributed by atoms with Crippen LogP contribution in [0.5, 0.6) is 11.5 Å².